The lowest BCUT2D eigenvalue weighted by Crippen LogP contribution is -2.15. The Hall–Kier alpha value is -1.11. The highest BCUT2D eigenvalue weighted by Gasteiger charge is 2.11. The van der Waals surface area contributed by atoms with Gasteiger partial charge in [-0.2, -0.15) is 0 Å². The molecule has 0 radical (unpaired) electrons. The lowest BCUT2D eigenvalue weighted by molar-refractivity contribution is -0.133. The number of hydrogen-bond acceptors (Lipinski definition) is 4. The van der Waals surface area contributed by atoms with Crippen molar-refractivity contribution in [3.63, 3.8) is 0 Å². The molecule has 1 aromatic rings. The van der Waals surface area contributed by atoms with Gasteiger partial charge < -0.3 is 15.2 Å². The largest absolute Gasteiger partial charge is 0.492 e. The Morgan fingerprint density at radius 1 is 1.30 bits per heavy atom. The molecule has 0 fully saturated rings. The van der Waals surface area contributed by atoms with Crippen LogP contribution in [0.2, 0.25) is 10.0 Å². The van der Waals surface area contributed by atoms with E-state index in [9.17, 15) is 9.59 Å². The van der Waals surface area contributed by atoms with Crippen molar-refractivity contribution in [1.82, 2.24) is 0 Å². The van der Waals surface area contributed by atoms with Crippen molar-refractivity contribution in [3.8, 4) is 5.75 Å². The monoisotopic (exact) mass is 337 g/mol. The number of ether oxygens (including phenoxy) is 1. The second-order valence-corrected chi connectivity index (χ2v) is 5.43. The third kappa shape index (κ3) is 5.48. The molecule has 0 saturated carbocycles. The van der Waals surface area contributed by atoms with E-state index in [-0.39, 0.29) is 22.4 Å². The Balaban J connectivity index is 2.68. The maximum atomic E-state index is 11.6. The number of amides is 1. The van der Waals surface area contributed by atoms with E-state index in [1.807, 2.05) is 6.92 Å². The summed E-state index contributed by atoms with van der Waals surface area (Å²) in [7, 11) is 0. The van der Waals surface area contributed by atoms with Crippen molar-refractivity contribution in [2.24, 2.45) is 0 Å². The number of hydrogen-bond donors (Lipinski definition) is 2. The van der Waals surface area contributed by atoms with Crippen molar-refractivity contribution in [2.75, 3.05) is 23.4 Å². The van der Waals surface area contributed by atoms with Crippen molar-refractivity contribution >= 4 is 52.5 Å². The number of anilines is 1. The van der Waals surface area contributed by atoms with Gasteiger partial charge in [-0.15, -0.1) is 11.8 Å². The fourth-order valence-electron chi connectivity index (χ4n) is 1.31. The predicted octanol–water partition coefficient (Wildman–Crippen LogP) is 3.15. The zero-order chi connectivity index (χ0) is 15.1. The zero-order valence-electron chi connectivity index (χ0n) is 10.6. The number of carboxylic acids is 1. The number of halogens is 2. The van der Waals surface area contributed by atoms with Crippen LogP contribution in [0.15, 0.2) is 12.1 Å². The molecule has 0 atom stereocenters. The quantitative estimate of drug-likeness (QED) is 0.799. The smallest absolute Gasteiger partial charge is 0.313 e. The van der Waals surface area contributed by atoms with Crippen molar-refractivity contribution in [3.05, 3.63) is 22.2 Å². The van der Waals surface area contributed by atoms with Gasteiger partial charge in [-0.1, -0.05) is 23.2 Å². The van der Waals surface area contributed by atoms with Crippen LogP contribution in [0.4, 0.5) is 5.69 Å². The van der Waals surface area contributed by atoms with Gasteiger partial charge in [-0.25, -0.2) is 0 Å². The second-order valence-electron chi connectivity index (χ2n) is 3.63. The van der Waals surface area contributed by atoms with Gasteiger partial charge in [0.05, 0.1) is 33.8 Å². The Morgan fingerprint density at radius 3 is 2.60 bits per heavy atom. The molecule has 110 valence electrons. The average Bonchev–Trinajstić information content (AvgIpc) is 2.35. The van der Waals surface area contributed by atoms with Gasteiger partial charge in [0.15, 0.2) is 0 Å². The standard InChI is InChI=1S/C12H13Cl2NO4S/c1-2-19-10-4-9(7(13)3-8(10)14)15-11(16)5-20-6-12(17)18/h3-4H,2,5-6H2,1H3,(H,15,16)(H,17,18). The first-order valence-electron chi connectivity index (χ1n) is 5.65. The number of carbonyl (C=O) groups excluding carboxylic acids is 1. The molecule has 1 amide bonds. The highest BCUT2D eigenvalue weighted by atomic mass is 35.5. The van der Waals surface area contributed by atoms with Gasteiger partial charge in [-0.05, 0) is 13.0 Å². The maximum absolute atomic E-state index is 11.6. The van der Waals surface area contributed by atoms with Gasteiger partial charge >= 0.3 is 5.97 Å². The molecule has 0 heterocycles. The van der Waals surface area contributed by atoms with Crippen LogP contribution in [0.25, 0.3) is 0 Å². The number of aliphatic carboxylic acids is 1. The number of rotatable bonds is 7. The molecule has 0 aliphatic rings. The van der Waals surface area contributed by atoms with Gasteiger partial charge in [-0.3, -0.25) is 9.59 Å². The van der Waals surface area contributed by atoms with Crippen LogP contribution in [-0.2, 0) is 9.59 Å². The Bertz CT molecular complexity index is 510. The normalized spacial score (nSPS) is 10.2. The SMILES string of the molecule is CCOc1cc(NC(=O)CSCC(=O)O)c(Cl)cc1Cl. The molecule has 0 unspecified atom stereocenters. The minimum Gasteiger partial charge on any atom is -0.492 e. The van der Waals surface area contributed by atoms with Gasteiger partial charge in [0, 0.05) is 6.07 Å². The fraction of sp³-hybridized carbons (Fsp3) is 0.333. The molecule has 2 N–H and O–H groups in total. The highest BCUT2D eigenvalue weighted by molar-refractivity contribution is 8.00. The summed E-state index contributed by atoms with van der Waals surface area (Å²) in [5, 5.41) is 11.7. The third-order valence-electron chi connectivity index (χ3n) is 2.05. The van der Waals surface area contributed by atoms with Gasteiger partial charge in [0.2, 0.25) is 5.91 Å². The molecule has 20 heavy (non-hydrogen) atoms. The van der Waals surface area contributed by atoms with E-state index in [0.717, 1.165) is 11.8 Å². The molecular formula is C12H13Cl2NO4S. The van der Waals surface area contributed by atoms with Crippen LogP contribution < -0.4 is 10.1 Å². The lowest BCUT2D eigenvalue weighted by atomic mass is 10.3. The Kier molecular flexibility index (Phi) is 6.98. The molecule has 0 aliphatic carbocycles. The maximum Gasteiger partial charge on any atom is 0.313 e. The zero-order valence-corrected chi connectivity index (χ0v) is 12.9. The average molecular weight is 338 g/mol. The van der Waals surface area contributed by atoms with Crippen LogP contribution in [0.3, 0.4) is 0 Å². The summed E-state index contributed by atoms with van der Waals surface area (Å²) >= 11 is 12.9. The summed E-state index contributed by atoms with van der Waals surface area (Å²) in [6.45, 7) is 2.24. The predicted molar refractivity (Wildman–Crippen MR) is 81.2 cm³/mol. The third-order valence-corrected chi connectivity index (χ3v) is 3.58. The molecular weight excluding hydrogens is 325 g/mol. The van der Waals surface area contributed by atoms with Crippen LogP contribution in [0.1, 0.15) is 6.92 Å². The van der Waals surface area contributed by atoms with Crippen LogP contribution in [0, 0.1) is 0 Å². The van der Waals surface area contributed by atoms with Crippen molar-refractivity contribution < 1.29 is 19.4 Å². The van der Waals surface area contributed by atoms with Gasteiger partial charge in [0.1, 0.15) is 5.75 Å². The number of carboxylic acid groups (broad SMARTS) is 1. The molecule has 0 spiro atoms. The highest BCUT2D eigenvalue weighted by Crippen LogP contribution is 2.34. The van der Waals surface area contributed by atoms with E-state index in [1.54, 1.807) is 0 Å². The van der Waals surface area contributed by atoms with Crippen LogP contribution in [0.5, 0.6) is 5.75 Å². The van der Waals surface area contributed by atoms with Crippen molar-refractivity contribution in [1.29, 1.82) is 0 Å². The summed E-state index contributed by atoms with van der Waals surface area (Å²) in [5.74, 6) is -0.998. The second kappa shape index (κ2) is 8.24. The first kappa shape index (κ1) is 16.9. The van der Waals surface area contributed by atoms with Crippen LogP contribution in [-0.4, -0.2) is 35.1 Å². The summed E-state index contributed by atoms with van der Waals surface area (Å²) in [5.41, 5.74) is 0.375. The first-order chi connectivity index (χ1) is 9.43. The molecule has 0 aliphatic heterocycles. The summed E-state index contributed by atoms with van der Waals surface area (Å²) in [6, 6.07) is 3.02. The Labute approximate surface area is 130 Å². The number of benzene rings is 1. The van der Waals surface area contributed by atoms with Gasteiger partial charge in [0.25, 0.3) is 0 Å². The van der Waals surface area contributed by atoms with E-state index in [4.69, 9.17) is 33.0 Å². The van der Waals surface area contributed by atoms with E-state index in [2.05, 4.69) is 5.32 Å². The van der Waals surface area contributed by atoms with Crippen molar-refractivity contribution in [2.45, 2.75) is 6.92 Å². The van der Waals surface area contributed by atoms with Crippen LogP contribution >= 0.6 is 35.0 Å². The first-order valence-corrected chi connectivity index (χ1v) is 7.56. The summed E-state index contributed by atoms with van der Waals surface area (Å²) in [4.78, 5) is 22.0. The van der Waals surface area contributed by atoms with E-state index < -0.39 is 5.97 Å². The number of carbonyl (C=O) groups is 2. The van der Waals surface area contributed by atoms with E-state index in [1.165, 1.54) is 12.1 Å². The van der Waals surface area contributed by atoms with E-state index >= 15 is 0 Å². The molecule has 1 aromatic carbocycles. The molecule has 1 rings (SSSR count). The minimum absolute atomic E-state index is 0.0230. The number of thioether (sulfide) groups is 1. The topological polar surface area (TPSA) is 75.6 Å². The molecule has 0 aromatic heterocycles. The number of nitrogens with one attached hydrogen (secondary N) is 1. The molecule has 0 bridgehead atoms. The minimum atomic E-state index is -0.967. The molecule has 0 saturated heterocycles. The fourth-order valence-corrected chi connectivity index (χ4v) is 2.33. The Morgan fingerprint density at radius 2 is 2.00 bits per heavy atom. The molecule has 5 nitrogen and oxygen atoms in total. The van der Waals surface area contributed by atoms with E-state index in [0.29, 0.717) is 23.1 Å². The summed E-state index contributed by atoms with van der Waals surface area (Å²) < 4.78 is 5.30. The summed E-state index contributed by atoms with van der Waals surface area (Å²) in [6.07, 6.45) is 0. The lowest BCUT2D eigenvalue weighted by Gasteiger charge is -2.11. The molecule has 8 heteroatoms.